The minimum absolute atomic E-state index is 0.00920. The average Bonchev–Trinajstić information content (AvgIpc) is 2.32. The lowest BCUT2D eigenvalue weighted by atomic mass is 10.2. The lowest BCUT2D eigenvalue weighted by Crippen LogP contribution is -2.15. The van der Waals surface area contributed by atoms with Crippen molar-refractivity contribution in [3.8, 4) is 5.69 Å². The van der Waals surface area contributed by atoms with Crippen molar-refractivity contribution < 1.29 is 5.11 Å². The maximum absolute atomic E-state index is 11.6. The van der Waals surface area contributed by atoms with E-state index in [0.29, 0.717) is 5.02 Å². The molecule has 0 fully saturated rings. The summed E-state index contributed by atoms with van der Waals surface area (Å²) in [6.45, 7) is -0.00920. The molecule has 0 aliphatic carbocycles. The van der Waals surface area contributed by atoms with E-state index in [4.69, 9.17) is 16.7 Å². The zero-order valence-electron chi connectivity index (χ0n) is 8.43. The number of rotatable bonds is 2. The van der Waals surface area contributed by atoms with Crippen molar-refractivity contribution in [2.75, 3.05) is 0 Å². The summed E-state index contributed by atoms with van der Waals surface area (Å²) in [5.74, 6) is 0. The minimum Gasteiger partial charge on any atom is -0.392 e. The van der Waals surface area contributed by atoms with Gasteiger partial charge in [0.25, 0.3) is 5.56 Å². The maximum Gasteiger partial charge on any atom is 0.255 e. The van der Waals surface area contributed by atoms with Gasteiger partial charge >= 0.3 is 0 Å². The van der Waals surface area contributed by atoms with Crippen LogP contribution < -0.4 is 5.56 Å². The van der Waals surface area contributed by atoms with Crippen LogP contribution in [-0.4, -0.2) is 9.67 Å². The molecule has 0 aliphatic heterocycles. The third kappa shape index (κ3) is 2.15. The fourth-order valence-electron chi connectivity index (χ4n) is 1.42. The summed E-state index contributed by atoms with van der Waals surface area (Å²) in [4.78, 5) is 11.6. The molecular formula is C12H10ClNO2. The first kappa shape index (κ1) is 10.9. The maximum atomic E-state index is 11.6. The van der Waals surface area contributed by atoms with Crippen molar-refractivity contribution in [3.63, 3.8) is 0 Å². The highest BCUT2D eigenvalue weighted by Crippen LogP contribution is 2.11. The Hall–Kier alpha value is -1.58. The highest BCUT2D eigenvalue weighted by atomic mass is 35.5. The van der Waals surface area contributed by atoms with Crippen LogP contribution in [0.5, 0.6) is 0 Å². The standard InChI is InChI=1S/C12H10ClNO2/c13-10-3-6-12(16)14(7-10)11-4-1-9(8-15)2-5-11/h1-7,15H,8H2. The molecule has 0 saturated carbocycles. The van der Waals surface area contributed by atoms with E-state index in [2.05, 4.69) is 0 Å². The summed E-state index contributed by atoms with van der Waals surface area (Å²) in [6.07, 6.45) is 1.57. The normalized spacial score (nSPS) is 10.4. The topological polar surface area (TPSA) is 42.2 Å². The van der Waals surface area contributed by atoms with E-state index in [-0.39, 0.29) is 12.2 Å². The van der Waals surface area contributed by atoms with E-state index in [0.717, 1.165) is 11.3 Å². The van der Waals surface area contributed by atoms with Crippen LogP contribution in [0.1, 0.15) is 5.56 Å². The Morgan fingerprint density at radius 1 is 1.12 bits per heavy atom. The number of nitrogens with zero attached hydrogens (tertiary/aromatic N) is 1. The summed E-state index contributed by atoms with van der Waals surface area (Å²) in [7, 11) is 0. The Morgan fingerprint density at radius 2 is 1.81 bits per heavy atom. The van der Waals surface area contributed by atoms with Gasteiger partial charge in [-0.3, -0.25) is 9.36 Å². The molecule has 1 heterocycles. The summed E-state index contributed by atoms with van der Waals surface area (Å²) >= 11 is 5.83. The molecule has 0 unspecified atom stereocenters. The van der Waals surface area contributed by atoms with E-state index in [1.807, 2.05) is 0 Å². The van der Waals surface area contributed by atoms with Gasteiger partial charge in [0, 0.05) is 18.0 Å². The van der Waals surface area contributed by atoms with E-state index in [1.165, 1.54) is 10.6 Å². The van der Waals surface area contributed by atoms with Crippen LogP contribution in [0.15, 0.2) is 47.4 Å². The van der Waals surface area contributed by atoms with Gasteiger partial charge in [0.1, 0.15) is 0 Å². The second-order valence-electron chi connectivity index (χ2n) is 3.38. The van der Waals surface area contributed by atoms with Gasteiger partial charge in [-0.25, -0.2) is 0 Å². The Morgan fingerprint density at radius 3 is 2.44 bits per heavy atom. The van der Waals surface area contributed by atoms with Gasteiger partial charge in [-0.2, -0.15) is 0 Å². The monoisotopic (exact) mass is 235 g/mol. The highest BCUT2D eigenvalue weighted by molar-refractivity contribution is 6.30. The van der Waals surface area contributed by atoms with E-state index in [1.54, 1.807) is 36.5 Å². The molecule has 4 heteroatoms. The van der Waals surface area contributed by atoms with Crippen molar-refractivity contribution >= 4 is 11.6 Å². The molecule has 1 aromatic heterocycles. The van der Waals surface area contributed by atoms with Crippen LogP contribution in [0.25, 0.3) is 5.69 Å². The van der Waals surface area contributed by atoms with Crippen LogP contribution in [0.2, 0.25) is 5.02 Å². The van der Waals surface area contributed by atoms with Crippen LogP contribution in [0.4, 0.5) is 0 Å². The molecule has 0 radical (unpaired) electrons. The second-order valence-corrected chi connectivity index (χ2v) is 3.82. The molecule has 0 saturated heterocycles. The van der Waals surface area contributed by atoms with E-state index in [9.17, 15) is 4.79 Å². The zero-order valence-corrected chi connectivity index (χ0v) is 9.19. The molecule has 0 bridgehead atoms. The van der Waals surface area contributed by atoms with Crippen LogP contribution in [0, 0.1) is 0 Å². The quantitative estimate of drug-likeness (QED) is 0.865. The molecule has 0 amide bonds. The third-order valence-electron chi connectivity index (χ3n) is 2.27. The molecule has 3 nitrogen and oxygen atoms in total. The molecule has 16 heavy (non-hydrogen) atoms. The highest BCUT2D eigenvalue weighted by Gasteiger charge is 2.00. The smallest absolute Gasteiger partial charge is 0.255 e. The second kappa shape index (κ2) is 4.51. The fourth-order valence-corrected chi connectivity index (χ4v) is 1.59. The fraction of sp³-hybridized carbons (Fsp3) is 0.0833. The van der Waals surface area contributed by atoms with Crippen molar-refractivity contribution in [1.29, 1.82) is 0 Å². The molecule has 0 aliphatic rings. The van der Waals surface area contributed by atoms with Crippen LogP contribution in [0.3, 0.4) is 0 Å². The number of benzene rings is 1. The summed E-state index contributed by atoms with van der Waals surface area (Å²) < 4.78 is 1.46. The average molecular weight is 236 g/mol. The van der Waals surface area contributed by atoms with Gasteiger partial charge in [0.05, 0.1) is 11.6 Å². The summed E-state index contributed by atoms with van der Waals surface area (Å²) in [5, 5.41) is 9.41. The molecule has 0 spiro atoms. The largest absolute Gasteiger partial charge is 0.392 e. The molecule has 2 aromatic rings. The third-order valence-corrected chi connectivity index (χ3v) is 2.50. The first-order chi connectivity index (χ1) is 7.70. The zero-order chi connectivity index (χ0) is 11.5. The van der Waals surface area contributed by atoms with Crippen molar-refractivity contribution in [2.45, 2.75) is 6.61 Å². The number of hydrogen-bond donors (Lipinski definition) is 1. The van der Waals surface area contributed by atoms with Crippen molar-refractivity contribution in [3.05, 3.63) is 63.5 Å². The van der Waals surface area contributed by atoms with E-state index < -0.39 is 0 Å². The van der Waals surface area contributed by atoms with Crippen molar-refractivity contribution in [2.24, 2.45) is 0 Å². The minimum atomic E-state index is -0.138. The van der Waals surface area contributed by atoms with E-state index >= 15 is 0 Å². The first-order valence-corrected chi connectivity index (χ1v) is 5.17. The van der Waals surface area contributed by atoms with Gasteiger partial charge in [-0.15, -0.1) is 0 Å². The van der Waals surface area contributed by atoms with Crippen molar-refractivity contribution in [1.82, 2.24) is 4.57 Å². The Kier molecular flexibility index (Phi) is 3.08. The van der Waals surface area contributed by atoms with Gasteiger partial charge in [0.2, 0.25) is 0 Å². The number of aromatic nitrogens is 1. The summed E-state index contributed by atoms with van der Waals surface area (Å²) in [6, 6.07) is 10.0. The van der Waals surface area contributed by atoms with Gasteiger partial charge < -0.3 is 5.11 Å². The molecular weight excluding hydrogens is 226 g/mol. The van der Waals surface area contributed by atoms with Gasteiger partial charge in [0.15, 0.2) is 0 Å². The lowest BCUT2D eigenvalue weighted by molar-refractivity contribution is 0.282. The summed E-state index contributed by atoms with van der Waals surface area (Å²) in [5.41, 5.74) is 1.39. The predicted molar refractivity (Wildman–Crippen MR) is 63.0 cm³/mol. The van der Waals surface area contributed by atoms with Gasteiger partial charge in [-0.1, -0.05) is 23.7 Å². The lowest BCUT2D eigenvalue weighted by Gasteiger charge is -2.06. The molecule has 0 atom stereocenters. The molecule has 82 valence electrons. The Balaban J connectivity index is 2.50. The number of pyridine rings is 1. The number of halogens is 1. The predicted octanol–water partition coefficient (Wildman–Crippen LogP) is 1.98. The Labute approximate surface area is 97.5 Å². The molecule has 1 N–H and O–H groups in total. The van der Waals surface area contributed by atoms with Crippen LogP contribution in [-0.2, 0) is 6.61 Å². The number of aliphatic hydroxyl groups is 1. The SMILES string of the molecule is O=c1ccc(Cl)cn1-c1ccc(CO)cc1. The van der Waals surface area contributed by atoms with Crippen LogP contribution >= 0.6 is 11.6 Å². The molecule has 2 rings (SSSR count). The van der Waals surface area contributed by atoms with Gasteiger partial charge in [-0.05, 0) is 23.8 Å². The number of aliphatic hydroxyl groups excluding tert-OH is 1. The first-order valence-electron chi connectivity index (χ1n) is 4.79. The number of hydrogen-bond acceptors (Lipinski definition) is 2. The molecule has 1 aromatic carbocycles. The Bertz CT molecular complexity index is 546.